The molecule has 1 aromatic heterocycles. The van der Waals surface area contributed by atoms with E-state index in [4.69, 9.17) is 4.74 Å². The summed E-state index contributed by atoms with van der Waals surface area (Å²) in [6.45, 7) is 2.12. The van der Waals surface area contributed by atoms with Crippen LogP contribution in [0.1, 0.15) is 26.0 Å². The number of fused-ring (bicyclic) bond motifs is 1. The fraction of sp³-hybridized carbons (Fsp3) is 0.462. The maximum atomic E-state index is 12.1. The van der Waals surface area contributed by atoms with E-state index in [9.17, 15) is 4.79 Å². The minimum atomic E-state index is -0.138. The van der Waals surface area contributed by atoms with Gasteiger partial charge < -0.3 is 9.72 Å². The molecule has 5 heteroatoms. The summed E-state index contributed by atoms with van der Waals surface area (Å²) < 4.78 is 8.21. The van der Waals surface area contributed by atoms with Crippen molar-refractivity contribution in [1.29, 1.82) is 0 Å². The molecule has 3 rings (SSSR count). The first-order valence-corrected chi connectivity index (χ1v) is 7.44. The second-order valence-electron chi connectivity index (χ2n) is 4.61. The number of rotatable bonds is 2. The van der Waals surface area contributed by atoms with Gasteiger partial charge in [-0.1, -0.05) is 41.6 Å². The Hall–Kier alpha value is -0.820. The molecule has 0 radical (unpaired) electrons. The SMILES string of the molecule is CC[C@H]1O[C@@H](n2c(=O)[nH]c3ccccc32)C[C@H]1I. The van der Waals surface area contributed by atoms with Crippen LogP contribution in [0.25, 0.3) is 11.0 Å². The summed E-state index contributed by atoms with van der Waals surface area (Å²) >= 11 is 2.42. The van der Waals surface area contributed by atoms with E-state index in [0.717, 1.165) is 23.9 Å². The molecule has 1 fully saturated rings. The van der Waals surface area contributed by atoms with Crippen molar-refractivity contribution in [3.63, 3.8) is 0 Å². The Balaban J connectivity index is 2.05. The zero-order valence-electron chi connectivity index (χ0n) is 10.1. The summed E-state index contributed by atoms with van der Waals surface area (Å²) in [5.41, 5.74) is 1.71. The predicted molar refractivity (Wildman–Crippen MR) is 79.2 cm³/mol. The van der Waals surface area contributed by atoms with Crippen molar-refractivity contribution in [3.05, 3.63) is 34.7 Å². The van der Waals surface area contributed by atoms with Gasteiger partial charge in [0, 0.05) is 10.3 Å². The number of imidazole rings is 1. The first-order chi connectivity index (χ1) is 8.70. The van der Waals surface area contributed by atoms with Gasteiger partial charge in [-0.3, -0.25) is 4.57 Å². The second-order valence-corrected chi connectivity index (χ2v) is 6.21. The van der Waals surface area contributed by atoms with Gasteiger partial charge in [0.2, 0.25) is 0 Å². The molecule has 18 heavy (non-hydrogen) atoms. The second kappa shape index (κ2) is 4.70. The number of hydrogen-bond acceptors (Lipinski definition) is 2. The highest BCUT2D eigenvalue weighted by Crippen LogP contribution is 2.35. The van der Waals surface area contributed by atoms with Crippen LogP contribution in [0, 0.1) is 0 Å². The number of halogens is 1. The Labute approximate surface area is 118 Å². The third-order valence-electron chi connectivity index (χ3n) is 3.48. The van der Waals surface area contributed by atoms with Crippen LogP contribution < -0.4 is 5.69 Å². The normalized spacial score (nSPS) is 28.0. The van der Waals surface area contributed by atoms with Gasteiger partial charge in [0.1, 0.15) is 6.23 Å². The number of para-hydroxylation sites is 2. The molecule has 2 aromatic rings. The molecule has 0 spiro atoms. The summed E-state index contributed by atoms with van der Waals surface area (Å²) in [4.78, 5) is 14.9. The number of nitrogens with zero attached hydrogens (tertiary/aromatic N) is 1. The predicted octanol–water partition coefficient (Wildman–Crippen LogP) is 2.83. The Morgan fingerprint density at radius 2 is 2.28 bits per heavy atom. The van der Waals surface area contributed by atoms with E-state index in [-0.39, 0.29) is 18.0 Å². The van der Waals surface area contributed by atoms with Crippen LogP contribution >= 0.6 is 22.6 Å². The van der Waals surface area contributed by atoms with Crippen LogP contribution in [0.2, 0.25) is 0 Å². The number of nitrogens with one attached hydrogen (secondary N) is 1. The van der Waals surface area contributed by atoms with E-state index in [2.05, 4.69) is 34.5 Å². The zero-order valence-corrected chi connectivity index (χ0v) is 12.3. The van der Waals surface area contributed by atoms with Gasteiger partial charge >= 0.3 is 5.69 Å². The first kappa shape index (κ1) is 12.2. The fourth-order valence-electron chi connectivity index (χ4n) is 2.57. The Bertz CT molecular complexity index is 619. The molecule has 1 saturated heterocycles. The van der Waals surface area contributed by atoms with E-state index in [1.165, 1.54) is 0 Å². The van der Waals surface area contributed by atoms with Gasteiger partial charge in [0.25, 0.3) is 0 Å². The Morgan fingerprint density at radius 1 is 1.50 bits per heavy atom. The lowest BCUT2D eigenvalue weighted by Crippen LogP contribution is -2.22. The topological polar surface area (TPSA) is 47.0 Å². The van der Waals surface area contributed by atoms with Crippen molar-refractivity contribution in [2.75, 3.05) is 0 Å². The summed E-state index contributed by atoms with van der Waals surface area (Å²) in [5, 5.41) is 0. The molecule has 96 valence electrons. The Morgan fingerprint density at radius 3 is 3.00 bits per heavy atom. The zero-order chi connectivity index (χ0) is 12.7. The van der Waals surface area contributed by atoms with Gasteiger partial charge in [0.15, 0.2) is 0 Å². The van der Waals surface area contributed by atoms with Gasteiger partial charge in [-0.15, -0.1) is 0 Å². The smallest absolute Gasteiger partial charge is 0.328 e. The molecule has 2 heterocycles. The number of aromatic amines is 1. The van der Waals surface area contributed by atoms with Crippen molar-refractivity contribution >= 4 is 33.6 Å². The van der Waals surface area contributed by atoms with Gasteiger partial charge in [-0.25, -0.2) is 4.79 Å². The molecule has 1 aliphatic heterocycles. The highest BCUT2D eigenvalue weighted by molar-refractivity contribution is 14.1. The molecule has 0 bridgehead atoms. The largest absolute Gasteiger partial charge is 0.353 e. The standard InChI is InChI=1S/C13H15IN2O2/c1-2-11-8(14)7-12(18-11)16-10-6-4-3-5-9(10)15-13(16)17/h3-6,8,11-12H,2,7H2,1H3,(H,15,17)/t8-,11-,12-/m1/s1. The van der Waals surface area contributed by atoms with Gasteiger partial charge in [-0.2, -0.15) is 0 Å². The van der Waals surface area contributed by atoms with Gasteiger partial charge in [0.05, 0.1) is 17.1 Å². The molecule has 1 N–H and O–H groups in total. The molecule has 1 aliphatic rings. The van der Waals surface area contributed by atoms with Gasteiger partial charge in [-0.05, 0) is 18.6 Å². The van der Waals surface area contributed by atoms with Crippen LogP contribution in [-0.2, 0) is 4.74 Å². The van der Waals surface area contributed by atoms with Crippen molar-refractivity contribution in [3.8, 4) is 0 Å². The molecule has 0 unspecified atom stereocenters. The summed E-state index contributed by atoms with van der Waals surface area (Å²) in [5.74, 6) is 0. The number of ether oxygens (including phenoxy) is 1. The summed E-state index contributed by atoms with van der Waals surface area (Å²) in [6, 6.07) is 7.74. The van der Waals surface area contributed by atoms with Crippen LogP contribution in [0.4, 0.5) is 0 Å². The summed E-state index contributed by atoms with van der Waals surface area (Å²) in [7, 11) is 0. The number of alkyl halides is 1. The minimum Gasteiger partial charge on any atom is -0.353 e. The maximum absolute atomic E-state index is 12.1. The quantitative estimate of drug-likeness (QED) is 0.663. The maximum Gasteiger partial charge on any atom is 0.328 e. The molecule has 3 atom stereocenters. The average molecular weight is 358 g/mol. The van der Waals surface area contributed by atoms with Crippen molar-refractivity contribution in [1.82, 2.24) is 9.55 Å². The third-order valence-corrected chi connectivity index (χ3v) is 4.79. The van der Waals surface area contributed by atoms with Crippen LogP contribution in [0.5, 0.6) is 0 Å². The van der Waals surface area contributed by atoms with E-state index >= 15 is 0 Å². The summed E-state index contributed by atoms with van der Waals surface area (Å²) in [6.07, 6.45) is 1.99. The molecule has 4 nitrogen and oxygen atoms in total. The monoisotopic (exact) mass is 358 g/mol. The highest BCUT2D eigenvalue weighted by Gasteiger charge is 2.34. The number of H-pyrrole nitrogens is 1. The van der Waals surface area contributed by atoms with Crippen molar-refractivity contribution in [2.24, 2.45) is 0 Å². The Kier molecular flexibility index (Phi) is 3.19. The fourth-order valence-corrected chi connectivity index (χ4v) is 3.68. The minimum absolute atomic E-state index is 0.0819. The van der Waals surface area contributed by atoms with Crippen LogP contribution in [-0.4, -0.2) is 19.6 Å². The first-order valence-electron chi connectivity index (χ1n) is 6.19. The molecule has 0 saturated carbocycles. The molecule has 0 amide bonds. The lowest BCUT2D eigenvalue weighted by atomic mass is 10.2. The van der Waals surface area contributed by atoms with E-state index in [1.807, 2.05) is 24.3 Å². The third kappa shape index (κ3) is 1.89. The van der Waals surface area contributed by atoms with Crippen LogP contribution in [0.15, 0.2) is 29.1 Å². The highest BCUT2D eigenvalue weighted by atomic mass is 127. The molecule has 0 aliphatic carbocycles. The lowest BCUT2D eigenvalue weighted by molar-refractivity contribution is 0.00270. The molecular weight excluding hydrogens is 343 g/mol. The molecule has 1 aromatic carbocycles. The van der Waals surface area contributed by atoms with E-state index < -0.39 is 0 Å². The number of hydrogen-bond donors (Lipinski definition) is 1. The van der Waals surface area contributed by atoms with Crippen molar-refractivity contribution < 1.29 is 4.74 Å². The molecular formula is C13H15IN2O2. The average Bonchev–Trinajstić information content (AvgIpc) is 2.88. The van der Waals surface area contributed by atoms with E-state index in [0.29, 0.717) is 3.92 Å². The van der Waals surface area contributed by atoms with E-state index in [1.54, 1.807) is 4.57 Å². The number of benzene rings is 1. The number of aromatic nitrogens is 2. The van der Waals surface area contributed by atoms with Crippen LogP contribution in [0.3, 0.4) is 0 Å². The lowest BCUT2D eigenvalue weighted by Gasteiger charge is -2.13. The van der Waals surface area contributed by atoms with Crippen molar-refractivity contribution in [2.45, 2.75) is 36.0 Å².